The summed E-state index contributed by atoms with van der Waals surface area (Å²) in [5.74, 6) is 0. The molecular weight excluding hydrogens is 243 g/mol. The molecule has 0 atom stereocenters. The summed E-state index contributed by atoms with van der Waals surface area (Å²) in [4.78, 5) is 20.9. The van der Waals surface area contributed by atoms with E-state index in [9.17, 15) is 14.9 Å². The summed E-state index contributed by atoms with van der Waals surface area (Å²) >= 11 is 10.9. The van der Waals surface area contributed by atoms with Gasteiger partial charge < -0.3 is 5.32 Å². The number of carbonyl (C=O) groups excluding carboxylic acids is 1. The van der Waals surface area contributed by atoms with Crippen LogP contribution in [0.4, 0.5) is 11.4 Å². The van der Waals surface area contributed by atoms with Crippen molar-refractivity contribution in [2.24, 2.45) is 0 Å². The summed E-state index contributed by atoms with van der Waals surface area (Å²) in [5.41, 5.74) is -0.207. The van der Waals surface area contributed by atoms with Crippen LogP contribution in [-0.4, -0.2) is 17.2 Å². The first-order valence-electron chi connectivity index (χ1n) is 3.83. The number of nitrogens with zero attached hydrogens (tertiary/aromatic N) is 1. The van der Waals surface area contributed by atoms with Crippen LogP contribution in [0.5, 0.6) is 0 Å². The number of nitrogens with one attached hydrogen (secondary N) is 1. The third kappa shape index (κ3) is 2.19. The predicted octanol–water partition coefficient (Wildman–Crippen LogP) is 2.67. The molecule has 0 aromatic heterocycles. The number of benzene rings is 1. The lowest BCUT2D eigenvalue weighted by Crippen LogP contribution is -2.01. The van der Waals surface area contributed by atoms with Crippen molar-refractivity contribution in [1.29, 1.82) is 0 Å². The topological polar surface area (TPSA) is 72.2 Å². The highest BCUT2D eigenvalue weighted by Crippen LogP contribution is 2.35. The number of hydrogen-bond donors (Lipinski definition) is 1. The van der Waals surface area contributed by atoms with Crippen molar-refractivity contribution in [2.75, 3.05) is 12.4 Å². The maximum Gasteiger partial charge on any atom is 0.311 e. The van der Waals surface area contributed by atoms with Gasteiger partial charge in [-0.05, 0) is 23.7 Å². The van der Waals surface area contributed by atoms with Crippen LogP contribution in [-0.2, 0) is 0 Å². The van der Waals surface area contributed by atoms with Gasteiger partial charge in [-0.3, -0.25) is 14.9 Å². The Kier molecular flexibility index (Phi) is 3.49. The molecule has 0 unspecified atom stereocenters. The summed E-state index contributed by atoms with van der Waals surface area (Å²) in [5, 5.41) is 12.2. The lowest BCUT2D eigenvalue weighted by Gasteiger charge is -2.05. The third-order valence-corrected chi connectivity index (χ3v) is 2.37. The molecule has 0 amide bonds. The first kappa shape index (κ1) is 11.7. The van der Waals surface area contributed by atoms with Crippen molar-refractivity contribution in [3.8, 4) is 0 Å². The summed E-state index contributed by atoms with van der Waals surface area (Å²) in [6, 6.07) is 2.70. The number of nitro groups is 1. The first-order chi connectivity index (χ1) is 6.99. The van der Waals surface area contributed by atoms with Crippen LogP contribution < -0.4 is 5.32 Å². The van der Waals surface area contributed by atoms with Gasteiger partial charge in [0.15, 0.2) is 0 Å². The molecule has 0 fully saturated rings. The SMILES string of the molecule is CNc1ccc(C(=O)Cl)c(Cl)c1[N+](=O)[O-]. The summed E-state index contributed by atoms with van der Waals surface area (Å²) in [7, 11) is 1.51. The van der Waals surface area contributed by atoms with Crippen LogP contribution in [0, 0.1) is 10.1 Å². The number of rotatable bonds is 3. The van der Waals surface area contributed by atoms with Gasteiger partial charge >= 0.3 is 5.69 Å². The van der Waals surface area contributed by atoms with Gasteiger partial charge in [-0.2, -0.15) is 0 Å². The Hall–Kier alpha value is -1.33. The number of anilines is 1. The van der Waals surface area contributed by atoms with Gasteiger partial charge in [0, 0.05) is 7.05 Å². The fraction of sp³-hybridized carbons (Fsp3) is 0.125. The molecule has 0 saturated heterocycles. The van der Waals surface area contributed by atoms with E-state index in [2.05, 4.69) is 5.32 Å². The molecule has 0 aliphatic rings. The number of hydrogen-bond acceptors (Lipinski definition) is 4. The summed E-state index contributed by atoms with van der Waals surface area (Å²) in [6.07, 6.45) is 0. The van der Waals surface area contributed by atoms with Gasteiger partial charge in [0.1, 0.15) is 10.7 Å². The van der Waals surface area contributed by atoms with Gasteiger partial charge in [0.2, 0.25) is 0 Å². The minimum Gasteiger partial charge on any atom is -0.383 e. The molecular formula is C8H6Cl2N2O3. The first-order valence-corrected chi connectivity index (χ1v) is 4.59. The number of carbonyl (C=O) groups is 1. The molecule has 1 aromatic carbocycles. The average Bonchev–Trinajstić information content (AvgIpc) is 2.15. The lowest BCUT2D eigenvalue weighted by molar-refractivity contribution is -0.383. The maximum absolute atomic E-state index is 10.9. The van der Waals surface area contributed by atoms with E-state index >= 15 is 0 Å². The average molecular weight is 249 g/mol. The minimum atomic E-state index is -0.828. The van der Waals surface area contributed by atoms with E-state index in [-0.39, 0.29) is 22.0 Å². The molecule has 0 radical (unpaired) electrons. The molecule has 0 heterocycles. The fourth-order valence-electron chi connectivity index (χ4n) is 1.10. The van der Waals surface area contributed by atoms with Crippen molar-refractivity contribution in [3.05, 3.63) is 32.8 Å². The molecule has 0 spiro atoms. The van der Waals surface area contributed by atoms with Crippen molar-refractivity contribution in [2.45, 2.75) is 0 Å². The summed E-state index contributed by atoms with van der Waals surface area (Å²) < 4.78 is 0. The molecule has 7 heteroatoms. The normalized spacial score (nSPS) is 9.80. The van der Waals surface area contributed by atoms with E-state index in [1.54, 1.807) is 0 Å². The molecule has 80 valence electrons. The Morgan fingerprint density at radius 2 is 2.13 bits per heavy atom. The van der Waals surface area contributed by atoms with E-state index < -0.39 is 10.2 Å². The van der Waals surface area contributed by atoms with E-state index in [4.69, 9.17) is 23.2 Å². The van der Waals surface area contributed by atoms with Crippen LogP contribution in [0.2, 0.25) is 5.02 Å². The number of halogens is 2. The van der Waals surface area contributed by atoms with Crippen LogP contribution >= 0.6 is 23.2 Å². The van der Waals surface area contributed by atoms with Gasteiger partial charge in [-0.15, -0.1) is 0 Å². The highest BCUT2D eigenvalue weighted by atomic mass is 35.5. The zero-order valence-corrected chi connectivity index (χ0v) is 9.09. The van der Waals surface area contributed by atoms with E-state index in [0.29, 0.717) is 0 Å². The smallest absolute Gasteiger partial charge is 0.311 e. The molecule has 5 nitrogen and oxygen atoms in total. The quantitative estimate of drug-likeness (QED) is 0.507. The molecule has 15 heavy (non-hydrogen) atoms. The zero-order valence-electron chi connectivity index (χ0n) is 7.58. The zero-order chi connectivity index (χ0) is 11.6. The molecule has 0 aliphatic carbocycles. The highest BCUT2D eigenvalue weighted by molar-refractivity contribution is 6.69. The van der Waals surface area contributed by atoms with Crippen LogP contribution in [0.3, 0.4) is 0 Å². The second-order valence-electron chi connectivity index (χ2n) is 2.60. The second-order valence-corrected chi connectivity index (χ2v) is 3.33. The molecule has 1 rings (SSSR count). The Labute approximate surface area is 95.1 Å². The second kappa shape index (κ2) is 4.46. The third-order valence-electron chi connectivity index (χ3n) is 1.78. The van der Waals surface area contributed by atoms with Gasteiger partial charge in [0.05, 0.1) is 10.5 Å². The predicted molar refractivity (Wildman–Crippen MR) is 57.8 cm³/mol. The Bertz CT molecular complexity index is 434. The molecule has 1 N–H and O–H groups in total. The Morgan fingerprint density at radius 1 is 1.53 bits per heavy atom. The monoisotopic (exact) mass is 248 g/mol. The van der Waals surface area contributed by atoms with Crippen LogP contribution in [0.1, 0.15) is 10.4 Å². The highest BCUT2D eigenvalue weighted by Gasteiger charge is 2.23. The van der Waals surface area contributed by atoms with E-state index in [0.717, 1.165) is 0 Å². The van der Waals surface area contributed by atoms with Gasteiger partial charge in [-0.1, -0.05) is 11.6 Å². The molecule has 1 aromatic rings. The van der Waals surface area contributed by atoms with Gasteiger partial charge in [0.25, 0.3) is 5.24 Å². The summed E-state index contributed by atoms with van der Waals surface area (Å²) in [6.45, 7) is 0. The minimum absolute atomic E-state index is 0.0796. The molecule has 0 saturated carbocycles. The molecule has 0 bridgehead atoms. The Balaban J connectivity index is 3.49. The van der Waals surface area contributed by atoms with Crippen molar-refractivity contribution in [3.63, 3.8) is 0 Å². The van der Waals surface area contributed by atoms with Gasteiger partial charge in [-0.25, -0.2) is 0 Å². The largest absolute Gasteiger partial charge is 0.383 e. The van der Waals surface area contributed by atoms with Crippen molar-refractivity contribution >= 4 is 39.8 Å². The maximum atomic E-state index is 10.9. The van der Waals surface area contributed by atoms with Crippen molar-refractivity contribution < 1.29 is 9.72 Å². The Morgan fingerprint density at radius 3 is 2.53 bits per heavy atom. The molecule has 0 aliphatic heterocycles. The van der Waals surface area contributed by atoms with Crippen LogP contribution in [0.25, 0.3) is 0 Å². The van der Waals surface area contributed by atoms with E-state index in [1.807, 2.05) is 0 Å². The lowest BCUT2D eigenvalue weighted by atomic mass is 10.2. The fourth-order valence-corrected chi connectivity index (χ4v) is 1.62. The number of nitro benzene ring substituents is 1. The van der Waals surface area contributed by atoms with E-state index in [1.165, 1.54) is 19.2 Å². The standard InChI is InChI=1S/C8H6Cl2N2O3/c1-11-5-3-2-4(8(10)13)6(9)7(5)12(14)15/h2-3,11H,1H3. The van der Waals surface area contributed by atoms with Crippen LogP contribution in [0.15, 0.2) is 12.1 Å². The van der Waals surface area contributed by atoms with Crippen molar-refractivity contribution in [1.82, 2.24) is 0 Å².